The average Bonchev–Trinajstić information content (AvgIpc) is 3.03. The smallest absolute Gasteiger partial charge is 0.365 e. The molecule has 162 valence electrons. The SMILES string of the molecule is Cc1sc(NC(=O)c2ccc(S(=O)(=O)C(F)(F)F)cc2)c(C(N)=O)c1-c1ccccc1. The van der Waals surface area contributed by atoms with Crippen molar-refractivity contribution >= 4 is 38.0 Å². The van der Waals surface area contributed by atoms with Crippen LogP contribution in [0.4, 0.5) is 18.2 Å². The van der Waals surface area contributed by atoms with Crippen LogP contribution in [-0.4, -0.2) is 25.7 Å². The van der Waals surface area contributed by atoms with Crippen LogP contribution in [0.3, 0.4) is 0 Å². The molecule has 2 amide bonds. The van der Waals surface area contributed by atoms with Gasteiger partial charge in [0.05, 0.1) is 10.5 Å². The molecule has 0 fully saturated rings. The van der Waals surface area contributed by atoms with Gasteiger partial charge in [-0.15, -0.1) is 11.3 Å². The van der Waals surface area contributed by atoms with Crippen LogP contribution < -0.4 is 11.1 Å². The predicted octanol–water partition coefficient (Wildman–Crippen LogP) is 4.37. The van der Waals surface area contributed by atoms with Crippen LogP contribution in [0.25, 0.3) is 11.1 Å². The van der Waals surface area contributed by atoms with Crippen molar-refractivity contribution in [2.45, 2.75) is 17.3 Å². The number of anilines is 1. The highest BCUT2D eigenvalue weighted by atomic mass is 32.2. The molecule has 3 N–H and O–H groups in total. The highest BCUT2D eigenvalue weighted by Gasteiger charge is 2.46. The number of benzene rings is 2. The van der Waals surface area contributed by atoms with Crippen LogP contribution >= 0.6 is 11.3 Å². The van der Waals surface area contributed by atoms with E-state index in [0.29, 0.717) is 17.7 Å². The Labute approximate surface area is 179 Å². The third-order valence-corrected chi connectivity index (χ3v) is 6.87. The number of aryl methyl sites for hydroxylation is 1. The number of hydrogen-bond donors (Lipinski definition) is 2. The molecule has 0 saturated heterocycles. The molecular weight excluding hydrogens is 453 g/mol. The summed E-state index contributed by atoms with van der Waals surface area (Å²) in [6, 6.07) is 12.2. The van der Waals surface area contributed by atoms with E-state index in [1.165, 1.54) is 0 Å². The fourth-order valence-corrected chi connectivity index (χ4v) is 4.75. The van der Waals surface area contributed by atoms with Crippen molar-refractivity contribution < 1.29 is 31.2 Å². The number of carbonyl (C=O) groups excluding carboxylic acids is 2. The lowest BCUT2D eigenvalue weighted by Crippen LogP contribution is -2.23. The van der Waals surface area contributed by atoms with Crippen LogP contribution in [-0.2, 0) is 9.84 Å². The van der Waals surface area contributed by atoms with Crippen LogP contribution in [0.2, 0.25) is 0 Å². The van der Waals surface area contributed by atoms with Gasteiger partial charge in [-0.1, -0.05) is 30.3 Å². The van der Waals surface area contributed by atoms with E-state index < -0.39 is 32.1 Å². The summed E-state index contributed by atoms with van der Waals surface area (Å²) in [6.07, 6.45) is 0. The maximum atomic E-state index is 12.7. The highest BCUT2D eigenvalue weighted by molar-refractivity contribution is 7.92. The Bertz CT molecular complexity index is 1250. The summed E-state index contributed by atoms with van der Waals surface area (Å²) >= 11 is 1.12. The number of primary amides is 1. The number of alkyl halides is 3. The lowest BCUT2D eigenvalue weighted by Gasteiger charge is -2.09. The van der Waals surface area contributed by atoms with E-state index in [-0.39, 0.29) is 16.1 Å². The summed E-state index contributed by atoms with van der Waals surface area (Å²) in [5, 5.41) is 2.72. The quantitative estimate of drug-likeness (QED) is 0.580. The molecule has 0 aliphatic carbocycles. The molecular formula is C20H15F3N2O4S2. The summed E-state index contributed by atoms with van der Waals surface area (Å²) in [4.78, 5) is 24.4. The minimum Gasteiger partial charge on any atom is -0.365 e. The Hall–Kier alpha value is -3.18. The van der Waals surface area contributed by atoms with Crippen molar-refractivity contribution in [3.05, 3.63) is 70.6 Å². The molecule has 0 aliphatic rings. The van der Waals surface area contributed by atoms with Crippen molar-refractivity contribution in [2.75, 3.05) is 5.32 Å². The van der Waals surface area contributed by atoms with E-state index in [9.17, 15) is 31.2 Å². The van der Waals surface area contributed by atoms with Gasteiger partial charge in [-0.2, -0.15) is 13.2 Å². The van der Waals surface area contributed by atoms with Crippen LogP contribution in [0.15, 0.2) is 59.5 Å². The largest absolute Gasteiger partial charge is 0.501 e. The number of amides is 2. The molecule has 0 unspecified atom stereocenters. The van der Waals surface area contributed by atoms with E-state index in [4.69, 9.17) is 5.73 Å². The molecule has 6 nitrogen and oxygen atoms in total. The van der Waals surface area contributed by atoms with Gasteiger partial charge in [-0.25, -0.2) is 8.42 Å². The number of nitrogens with two attached hydrogens (primary N) is 1. The van der Waals surface area contributed by atoms with Crippen LogP contribution in [0, 0.1) is 6.92 Å². The third-order valence-electron chi connectivity index (χ3n) is 4.35. The third kappa shape index (κ3) is 4.32. The summed E-state index contributed by atoms with van der Waals surface area (Å²) in [7, 11) is -5.52. The molecule has 3 rings (SSSR count). The number of thiophene rings is 1. The Kier molecular flexibility index (Phi) is 5.92. The first-order valence-electron chi connectivity index (χ1n) is 8.65. The molecule has 0 atom stereocenters. The summed E-state index contributed by atoms with van der Waals surface area (Å²) in [5.74, 6) is -1.50. The van der Waals surface area contributed by atoms with Gasteiger partial charge in [0.15, 0.2) is 0 Å². The highest BCUT2D eigenvalue weighted by Crippen LogP contribution is 2.39. The Morgan fingerprint density at radius 1 is 1.00 bits per heavy atom. The van der Waals surface area contributed by atoms with Crippen molar-refractivity contribution in [1.82, 2.24) is 0 Å². The van der Waals surface area contributed by atoms with Crippen molar-refractivity contribution in [1.29, 1.82) is 0 Å². The van der Waals surface area contributed by atoms with Gasteiger partial charge in [-0.3, -0.25) is 9.59 Å². The normalized spacial score (nSPS) is 11.9. The lowest BCUT2D eigenvalue weighted by atomic mass is 10.0. The molecule has 0 radical (unpaired) electrons. The minimum atomic E-state index is -5.52. The van der Waals surface area contributed by atoms with E-state index >= 15 is 0 Å². The molecule has 0 saturated carbocycles. The fourth-order valence-electron chi connectivity index (χ4n) is 2.91. The first kappa shape index (κ1) is 22.5. The number of hydrogen-bond acceptors (Lipinski definition) is 5. The molecule has 3 aromatic rings. The van der Waals surface area contributed by atoms with E-state index in [1.807, 2.05) is 0 Å². The average molecular weight is 468 g/mol. The standard InChI is InChI=1S/C20H15F3N2O4S2/c1-11-15(12-5-3-2-4-6-12)16(17(24)26)19(30-11)25-18(27)13-7-9-14(10-8-13)31(28,29)20(21,22)23/h2-10H,1H3,(H2,24,26)(H,25,27). The molecule has 1 heterocycles. The van der Waals surface area contributed by atoms with Gasteiger partial charge in [0.2, 0.25) is 0 Å². The molecule has 31 heavy (non-hydrogen) atoms. The van der Waals surface area contributed by atoms with E-state index in [1.54, 1.807) is 37.3 Å². The number of sulfone groups is 1. The van der Waals surface area contributed by atoms with Gasteiger partial charge in [0.1, 0.15) is 5.00 Å². The molecule has 1 aromatic heterocycles. The number of rotatable bonds is 5. The predicted molar refractivity (Wildman–Crippen MR) is 111 cm³/mol. The topological polar surface area (TPSA) is 106 Å². The van der Waals surface area contributed by atoms with Gasteiger partial charge < -0.3 is 11.1 Å². The molecule has 0 bridgehead atoms. The van der Waals surface area contributed by atoms with Gasteiger partial charge in [0.25, 0.3) is 21.7 Å². The van der Waals surface area contributed by atoms with Gasteiger partial charge >= 0.3 is 5.51 Å². The Balaban J connectivity index is 1.94. The summed E-state index contributed by atoms with van der Waals surface area (Å²) in [5.41, 5.74) is 1.40. The van der Waals surface area contributed by atoms with Gasteiger partial charge in [-0.05, 0) is 36.8 Å². The molecule has 0 spiro atoms. The van der Waals surface area contributed by atoms with Crippen LogP contribution in [0.1, 0.15) is 25.6 Å². The van der Waals surface area contributed by atoms with E-state index in [0.717, 1.165) is 33.9 Å². The van der Waals surface area contributed by atoms with Gasteiger partial charge in [0, 0.05) is 16.0 Å². The summed E-state index contributed by atoms with van der Waals surface area (Å²) < 4.78 is 60.9. The number of carbonyl (C=O) groups is 2. The monoisotopic (exact) mass is 468 g/mol. The summed E-state index contributed by atoms with van der Waals surface area (Å²) in [6.45, 7) is 1.76. The zero-order valence-electron chi connectivity index (χ0n) is 15.9. The zero-order valence-corrected chi connectivity index (χ0v) is 17.5. The second kappa shape index (κ2) is 8.16. The molecule has 2 aromatic carbocycles. The molecule has 11 heteroatoms. The van der Waals surface area contributed by atoms with Crippen LogP contribution in [0.5, 0.6) is 0 Å². The van der Waals surface area contributed by atoms with Crippen molar-refractivity contribution in [3.8, 4) is 11.1 Å². The number of nitrogens with one attached hydrogen (secondary N) is 1. The second-order valence-corrected chi connectivity index (χ2v) is 9.56. The lowest BCUT2D eigenvalue weighted by molar-refractivity contribution is -0.0436. The maximum Gasteiger partial charge on any atom is 0.501 e. The van der Waals surface area contributed by atoms with Crippen molar-refractivity contribution in [2.24, 2.45) is 5.73 Å². The first-order chi connectivity index (χ1) is 14.4. The Morgan fingerprint density at radius 3 is 2.10 bits per heavy atom. The first-order valence-corrected chi connectivity index (χ1v) is 10.9. The van der Waals surface area contributed by atoms with E-state index in [2.05, 4.69) is 5.32 Å². The number of halogens is 3. The van der Waals surface area contributed by atoms with Crippen molar-refractivity contribution in [3.63, 3.8) is 0 Å². The Morgan fingerprint density at radius 2 is 1.58 bits per heavy atom. The maximum absolute atomic E-state index is 12.7. The fraction of sp³-hybridized carbons (Fsp3) is 0.100. The molecule has 0 aliphatic heterocycles. The zero-order chi connectivity index (χ0) is 23.0. The second-order valence-electron chi connectivity index (χ2n) is 6.40. The minimum absolute atomic E-state index is 0.0936.